The number of rotatable bonds is 10. The largest absolute Gasteiger partial charge is 0.490 e. The monoisotopic (exact) mass is 495 g/mol. The molecule has 2 aliphatic rings. The molecule has 2 fully saturated rings. The minimum absolute atomic E-state index is 0.0124. The number of aryl methyl sites for hydroxylation is 1. The van der Waals surface area contributed by atoms with E-state index in [1.54, 1.807) is 12.1 Å². The van der Waals surface area contributed by atoms with Crippen LogP contribution in [0, 0.1) is 22.0 Å². The first kappa shape index (κ1) is 25.9. The highest BCUT2D eigenvalue weighted by Gasteiger charge is 2.37. The maximum absolute atomic E-state index is 12.7. The summed E-state index contributed by atoms with van der Waals surface area (Å²) in [4.78, 5) is 28.0. The number of piperidine rings is 1. The van der Waals surface area contributed by atoms with Crippen LogP contribution in [0.3, 0.4) is 0 Å². The number of nitrogens with zero attached hydrogens (tertiary/aromatic N) is 3. The number of methoxy groups -OCH3 is 1. The van der Waals surface area contributed by atoms with E-state index < -0.39 is 10.5 Å². The molecule has 194 valence electrons. The number of anilines is 1. The maximum Gasteiger partial charge on any atom is 0.312 e. The fraction of sp³-hybridized carbons (Fsp3) is 0.536. The molecule has 2 heterocycles. The van der Waals surface area contributed by atoms with E-state index in [1.807, 2.05) is 32.0 Å². The Morgan fingerprint density at radius 3 is 2.44 bits per heavy atom. The molecular weight excluding hydrogens is 458 g/mol. The molecular formula is C28H37N3O5. The molecule has 8 heteroatoms. The zero-order chi connectivity index (χ0) is 25.7. The van der Waals surface area contributed by atoms with Gasteiger partial charge in [-0.2, -0.15) is 0 Å². The van der Waals surface area contributed by atoms with Gasteiger partial charge < -0.3 is 19.3 Å². The lowest BCUT2D eigenvalue weighted by Crippen LogP contribution is -2.54. The van der Waals surface area contributed by atoms with Crippen LogP contribution in [0.5, 0.6) is 5.75 Å². The first-order valence-electron chi connectivity index (χ1n) is 12.8. The summed E-state index contributed by atoms with van der Waals surface area (Å²) < 4.78 is 11.1. The molecule has 0 N–H and O–H groups in total. The van der Waals surface area contributed by atoms with Crippen molar-refractivity contribution in [2.45, 2.75) is 45.1 Å². The standard InChI is InChI=1S/C28H37N3O5/c1-28(2,14-11-21-7-5-4-6-8-21)36-27(32)23-19-29(20-23)18-22-12-15-30(16-13-22)24-9-10-25(31(33)34)26(17-24)35-3/h4-10,17,22-23H,11-16,18-20H2,1-3H3. The average molecular weight is 496 g/mol. The summed E-state index contributed by atoms with van der Waals surface area (Å²) in [6.45, 7) is 8.34. The maximum atomic E-state index is 12.7. The van der Waals surface area contributed by atoms with Gasteiger partial charge in [0.25, 0.3) is 0 Å². The second-order valence-corrected chi connectivity index (χ2v) is 10.6. The van der Waals surface area contributed by atoms with E-state index in [1.165, 1.54) is 18.7 Å². The molecule has 0 unspecified atom stereocenters. The van der Waals surface area contributed by atoms with Crippen LogP contribution in [0.15, 0.2) is 48.5 Å². The smallest absolute Gasteiger partial charge is 0.312 e. The fourth-order valence-electron chi connectivity index (χ4n) is 5.12. The number of nitro benzene ring substituents is 1. The summed E-state index contributed by atoms with van der Waals surface area (Å²) in [5.41, 5.74) is 1.73. The third-order valence-corrected chi connectivity index (χ3v) is 7.38. The zero-order valence-electron chi connectivity index (χ0n) is 21.5. The third kappa shape index (κ3) is 6.55. The van der Waals surface area contributed by atoms with Crippen molar-refractivity contribution in [2.24, 2.45) is 11.8 Å². The molecule has 2 aromatic rings. The van der Waals surface area contributed by atoms with Crippen molar-refractivity contribution in [3.63, 3.8) is 0 Å². The van der Waals surface area contributed by atoms with Gasteiger partial charge in [0.15, 0.2) is 5.75 Å². The number of ether oxygens (including phenoxy) is 2. The van der Waals surface area contributed by atoms with Gasteiger partial charge in [0.1, 0.15) is 5.60 Å². The van der Waals surface area contributed by atoms with Crippen molar-refractivity contribution in [1.29, 1.82) is 0 Å². The van der Waals surface area contributed by atoms with Crippen molar-refractivity contribution < 1.29 is 19.2 Å². The number of nitro groups is 1. The quantitative estimate of drug-likeness (QED) is 0.268. The molecule has 0 aliphatic carbocycles. The van der Waals surface area contributed by atoms with Gasteiger partial charge in [-0.15, -0.1) is 0 Å². The Hall–Kier alpha value is -3.13. The van der Waals surface area contributed by atoms with E-state index in [2.05, 4.69) is 21.9 Å². The molecule has 36 heavy (non-hydrogen) atoms. The van der Waals surface area contributed by atoms with Gasteiger partial charge in [0, 0.05) is 50.5 Å². The van der Waals surface area contributed by atoms with Crippen LogP contribution in [-0.4, -0.2) is 61.2 Å². The second kappa shape index (κ2) is 11.3. The molecule has 4 rings (SSSR count). The van der Waals surface area contributed by atoms with Gasteiger partial charge in [0.05, 0.1) is 18.0 Å². The van der Waals surface area contributed by atoms with E-state index in [-0.39, 0.29) is 17.6 Å². The lowest BCUT2D eigenvalue weighted by Gasteiger charge is -2.42. The van der Waals surface area contributed by atoms with E-state index >= 15 is 0 Å². The number of benzene rings is 2. The summed E-state index contributed by atoms with van der Waals surface area (Å²) in [6.07, 6.45) is 3.80. The van der Waals surface area contributed by atoms with Crippen molar-refractivity contribution in [3.8, 4) is 5.75 Å². The Bertz CT molecular complexity index is 1040. The van der Waals surface area contributed by atoms with Gasteiger partial charge in [0.2, 0.25) is 0 Å². The topological polar surface area (TPSA) is 85.2 Å². The lowest BCUT2D eigenvalue weighted by atomic mass is 9.92. The Morgan fingerprint density at radius 1 is 1.11 bits per heavy atom. The average Bonchev–Trinajstić information content (AvgIpc) is 2.85. The zero-order valence-corrected chi connectivity index (χ0v) is 21.5. The molecule has 0 radical (unpaired) electrons. The van der Waals surface area contributed by atoms with Gasteiger partial charge in [-0.25, -0.2) is 0 Å². The van der Waals surface area contributed by atoms with E-state index in [0.717, 1.165) is 64.1 Å². The minimum atomic E-state index is -0.472. The summed E-state index contributed by atoms with van der Waals surface area (Å²) in [6, 6.07) is 15.4. The van der Waals surface area contributed by atoms with Crippen LogP contribution in [0.2, 0.25) is 0 Å². The van der Waals surface area contributed by atoms with Crippen LogP contribution >= 0.6 is 0 Å². The molecule has 0 bridgehead atoms. The van der Waals surface area contributed by atoms with Crippen LogP contribution in [-0.2, 0) is 16.0 Å². The summed E-state index contributed by atoms with van der Waals surface area (Å²) in [7, 11) is 1.46. The molecule has 2 saturated heterocycles. The van der Waals surface area contributed by atoms with Gasteiger partial charge >= 0.3 is 11.7 Å². The number of carbonyl (C=O) groups excluding carboxylic acids is 1. The predicted octanol–water partition coefficient (Wildman–Crippen LogP) is 4.71. The van der Waals surface area contributed by atoms with Crippen molar-refractivity contribution in [1.82, 2.24) is 4.90 Å². The Balaban J connectivity index is 1.17. The van der Waals surface area contributed by atoms with E-state index in [0.29, 0.717) is 11.7 Å². The molecule has 0 atom stereocenters. The van der Waals surface area contributed by atoms with Crippen LogP contribution in [0.1, 0.15) is 38.7 Å². The molecule has 0 spiro atoms. The second-order valence-electron chi connectivity index (χ2n) is 10.6. The fourth-order valence-corrected chi connectivity index (χ4v) is 5.12. The van der Waals surface area contributed by atoms with Crippen LogP contribution < -0.4 is 9.64 Å². The Morgan fingerprint density at radius 2 is 1.81 bits per heavy atom. The van der Waals surface area contributed by atoms with E-state index in [9.17, 15) is 14.9 Å². The highest BCUT2D eigenvalue weighted by Crippen LogP contribution is 2.33. The van der Waals surface area contributed by atoms with Crippen molar-refractivity contribution in [2.75, 3.05) is 44.7 Å². The summed E-state index contributed by atoms with van der Waals surface area (Å²) in [5.74, 6) is 0.766. The highest BCUT2D eigenvalue weighted by atomic mass is 16.6. The predicted molar refractivity (Wildman–Crippen MR) is 139 cm³/mol. The van der Waals surface area contributed by atoms with Crippen molar-refractivity contribution in [3.05, 3.63) is 64.2 Å². The number of carbonyl (C=O) groups is 1. The first-order valence-corrected chi connectivity index (χ1v) is 12.8. The molecule has 0 saturated carbocycles. The van der Waals surface area contributed by atoms with Crippen molar-refractivity contribution >= 4 is 17.3 Å². The van der Waals surface area contributed by atoms with E-state index in [4.69, 9.17) is 9.47 Å². The highest BCUT2D eigenvalue weighted by molar-refractivity contribution is 5.74. The molecule has 0 aromatic heterocycles. The van der Waals surface area contributed by atoms with Gasteiger partial charge in [-0.3, -0.25) is 14.9 Å². The molecule has 2 aromatic carbocycles. The number of esters is 1. The number of likely N-dealkylation sites (tertiary alicyclic amines) is 1. The first-order chi connectivity index (χ1) is 17.2. The van der Waals surface area contributed by atoms with Gasteiger partial charge in [-0.1, -0.05) is 30.3 Å². The Labute approximate surface area is 213 Å². The number of hydrogen-bond donors (Lipinski definition) is 0. The lowest BCUT2D eigenvalue weighted by molar-refractivity contribution is -0.385. The summed E-state index contributed by atoms with van der Waals surface area (Å²) >= 11 is 0. The Kier molecular flexibility index (Phi) is 8.14. The SMILES string of the molecule is COc1cc(N2CCC(CN3CC(C(=O)OC(C)(C)CCc4ccccc4)C3)CC2)ccc1[N+](=O)[O-]. The molecule has 8 nitrogen and oxygen atoms in total. The molecule has 0 amide bonds. The minimum Gasteiger partial charge on any atom is -0.490 e. The van der Waals surface area contributed by atoms with Gasteiger partial charge in [-0.05, 0) is 57.1 Å². The normalized spacial score (nSPS) is 17.5. The van der Waals surface area contributed by atoms with Crippen LogP contribution in [0.4, 0.5) is 11.4 Å². The third-order valence-electron chi connectivity index (χ3n) is 7.38. The molecule has 2 aliphatic heterocycles. The summed E-state index contributed by atoms with van der Waals surface area (Å²) in [5, 5.41) is 11.1. The number of hydrogen-bond acceptors (Lipinski definition) is 7. The van der Waals surface area contributed by atoms with Crippen LogP contribution in [0.25, 0.3) is 0 Å².